The average molecular weight is 315 g/mol. The Morgan fingerprint density at radius 1 is 1.26 bits per heavy atom. The molecular weight excluding hydrogens is 290 g/mol. The van der Waals surface area contributed by atoms with Crippen LogP contribution in [0.25, 0.3) is 11.5 Å². The molecule has 0 aliphatic heterocycles. The molecule has 0 fully saturated rings. The number of rotatable bonds is 7. The molecule has 0 unspecified atom stereocenters. The van der Waals surface area contributed by atoms with Gasteiger partial charge in [0.25, 0.3) is 0 Å². The molecule has 4 heteroatoms. The number of nitrogens with zero attached hydrogens (tertiary/aromatic N) is 1. The van der Waals surface area contributed by atoms with Crippen molar-refractivity contribution in [3.05, 3.63) is 41.8 Å². The first-order valence-electron chi connectivity index (χ1n) is 8.08. The number of hydrogen-bond donors (Lipinski definition) is 0. The second kappa shape index (κ2) is 7.44. The fourth-order valence-corrected chi connectivity index (χ4v) is 2.51. The van der Waals surface area contributed by atoms with E-state index in [9.17, 15) is 4.79 Å². The van der Waals surface area contributed by atoms with Gasteiger partial charge >= 0.3 is 5.97 Å². The molecule has 124 valence electrons. The number of carbonyl (C=O) groups excluding carboxylic acids is 1. The van der Waals surface area contributed by atoms with Crippen LogP contribution >= 0.6 is 0 Å². The topological polar surface area (TPSA) is 52.3 Å². The molecule has 2 aromatic rings. The molecule has 4 nitrogen and oxygen atoms in total. The van der Waals surface area contributed by atoms with Crippen LogP contribution in [0.4, 0.5) is 0 Å². The van der Waals surface area contributed by atoms with Crippen LogP contribution in [0.5, 0.6) is 0 Å². The zero-order chi connectivity index (χ0) is 16.9. The molecule has 0 bridgehead atoms. The fourth-order valence-electron chi connectivity index (χ4n) is 2.51. The highest BCUT2D eigenvalue weighted by molar-refractivity contribution is 5.70. The Morgan fingerprint density at radius 3 is 2.61 bits per heavy atom. The van der Waals surface area contributed by atoms with Crippen molar-refractivity contribution in [2.45, 2.75) is 47.0 Å². The van der Waals surface area contributed by atoms with Crippen LogP contribution in [0.1, 0.15) is 45.1 Å². The molecule has 1 aromatic heterocycles. The van der Waals surface area contributed by atoms with Gasteiger partial charge in [-0.15, -0.1) is 0 Å². The van der Waals surface area contributed by atoms with Gasteiger partial charge in [-0.3, -0.25) is 4.79 Å². The van der Waals surface area contributed by atoms with Crippen molar-refractivity contribution in [3.63, 3.8) is 0 Å². The van der Waals surface area contributed by atoms with Gasteiger partial charge in [0.2, 0.25) is 5.89 Å². The summed E-state index contributed by atoms with van der Waals surface area (Å²) in [4.78, 5) is 16.2. The highest BCUT2D eigenvalue weighted by Crippen LogP contribution is 2.30. The third-order valence-electron chi connectivity index (χ3n) is 3.87. The third kappa shape index (κ3) is 4.95. The number of carbonyl (C=O) groups is 1. The Hall–Kier alpha value is -2.10. The molecule has 0 radical (unpaired) electrons. The van der Waals surface area contributed by atoms with Crippen LogP contribution in [0.2, 0.25) is 0 Å². The van der Waals surface area contributed by atoms with Crippen molar-refractivity contribution in [3.8, 4) is 11.5 Å². The molecule has 0 aliphatic rings. The second-order valence-corrected chi connectivity index (χ2v) is 6.54. The number of hydrogen-bond acceptors (Lipinski definition) is 4. The zero-order valence-corrected chi connectivity index (χ0v) is 14.4. The molecular formula is C19H25NO3. The number of aromatic nitrogens is 1. The van der Waals surface area contributed by atoms with E-state index >= 15 is 0 Å². The first-order valence-corrected chi connectivity index (χ1v) is 8.08. The van der Waals surface area contributed by atoms with Crippen molar-refractivity contribution < 1.29 is 13.9 Å². The number of benzene rings is 1. The molecule has 1 aromatic carbocycles. The van der Waals surface area contributed by atoms with E-state index in [4.69, 9.17) is 9.15 Å². The lowest BCUT2D eigenvalue weighted by molar-refractivity contribution is -0.145. The minimum Gasteiger partial charge on any atom is -0.466 e. The van der Waals surface area contributed by atoms with E-state index < -0.39 is 0 Å². The van der Waals surface area contributed by atoms with Crippen LogP contribution in [0.3, 0.4) is 0 Å². The standard InChI is InChI=1S/C19H25NO3/c1-5-22-17(21)13-19(3,4)12-11-16-14(2)20-18(23-16)15-9-7-6-8-10-15/h6-10H,5,11-13H2,1-4H3. The molecule has 0 atom stereocenters. The highest BCUT2D eigenvalue weighted by Gasteiger charge is 2.24. The minimum absolute atomic E-state index is 0.127. The van der Waals surface area contributed by atoms with Gasteiger partial charge in [0.1, 0.15) is 5.76 Å². The van der Waals surface area contributed by atoms with Gasteiger partial charge in [0.15, 0.2) is 0 Å². The van der Waals surface area contributed by atoms with Crippen LogP contribution < -0.4 is 0 Å². The summed E-state index contributed by atoms with van der Waals surface area (Å²) in [5, 5.41) is 0. The normalized spacial score (nSPS) is 11.5. The molecule has 0 aliphatic carbocycles. The molecule has 2 rings (SSSR count). The van der Waals surface area contributed by atoms with Gasteiger partial charge in [-0.25, -0.2) is 4.98 Å². The molecule has 0 saturated heterocycles. The maximum absolute atomic E-state index is 11.7. The Morgan fingerprint density at radius 2 is 1.96 bits per heavy atom. The van der Waals surface area contributed by atoms with Crippen molar-refractivity contribution in [2.75, 3.05) is 6.61 Å². The third-order valence-corrected chi connectivity index (χ3v) is 3.87. The summed E-state index contributed by atoms with van der Waals surface area (Å²) in [6.07, 6.45) is 2.02. The second-order valence-electron chi connectivity index (χ2n) is 6.54. The van der Waals surface area contributed by atoms with Crippen LogP contribution in [-0.4, -0.2) is 17.6 Å². The van der Waals surface area contributed by atoms with E-state index in [0.717, 1.165) is 29.9 Å². The Kier molecular flexibility index (Phi) is 5.59. The largest absolute Gasteiger partial charge is 0.466 e. The fraction of sp³-hybridized carbons (Fsp3) is 0.474. The Labute approximate surface area is 137 Å². The molecule has 0 N–H and O–H groups in total. The predicted octanol–water partition coefficient (Wildman–Crippen LogP) is 4.56. The molecule has 0 spiro atoms. The lowest BCUT2D eigenvalue weighted by atomic mass is 9.84. The number of oxazole rings is 1. The van der Waals surface area contributed by atoms with Gasteiger partial charge < -0.3 is 9.15 Å². The van der Waals surface area contributed by atoms with Gasteiger partial charge in [0.05, 0.1) is 18.7 Å². The zero-order valence-electron chi connectivity index (χ0n) is 14.4. The Bertz CT molecular complexity index is 644. The van der Waals surface area contributed by atoms with Gasteiger partial charge in [-0.05, 0) is 37.8 Å². The van der Waals surface area contributed by atoms with Crippen molar-refractivity contribution in [1.82, 2.24) is 4.98 Å². The van der Waals surface area contributed by atoms with Gasteiger partial charge in [-0.1, -0.05) is 32.0 Å². The van der Waals surface area contributed by atoms with Crippen molar-refractivity contribution in [2.24, 2.45) is 5.41 Å². The monoisotopic (exact) mass is 315 g/mol. The van der Waals surface area contributed by atoms with Crippen LogP contribution in [-0.2, 0) is 16.0 Å². The van der Waals surface area contributed by atoms with E-state index in [1.165, 1.54) is 0 Å². The molecule has 23 heavy (non-hydrogen) atoms. The van der Waals surface area contributed by atoms with Crippen LogP contribution in [0.15, 0.2) is 34.7 Å². The number of ether oxygens (including phenoxy) is 1. The lowest BCUT2D eigenvalue weighted by Crippen LogP contribution is -2.19. The lowest BCUT2D eigenvalue weighted by Gasteiger charge is -2.22. The van der Waals surface area contributed by atoms with Crippen molar-refractivity contribution in [1.29, 1.82) is 0 Å². The maximum atomic E-state index is 11.7. The van der Waals surface area contributed by atoms with Gasteiger partial charge in [-0.2, -0.15) is 0 Å². The summed E-state index contributed by atoms with van der Waals surface area (Å²) in [5.41, 5.74) is 1.77. The Balaban J connectivity index is 2.01. The summed E-state index contributed by atoms with van der Waals surface area (Å²) in [6, 6.07) is 9.88. The molecule has 0 amide bonds. The maximum Gasteiger partial charge on any atom is 0.306 e. The summed E-state index contributed by atoms with van der Waals surface area (Å²) in [5.74, 6) is 1.40. The van der Waals surface area contributed by atoms with E-state index in [1.54, 1.807) is 0 Å². The van der Waals surface area contributed by atoms with Crippen molar-refractivity contribution >= 4 is 5.97 Å². The quantitative estimate of drug-likeness (QED) is 0.703. The smallest absolute Gasteiger partial charge is 0.306 e. The van der Waals surface area contributed by atoms with E-state index in [2.05, 4.69) is 18.8 Å². The molecule has 1 heterocycles. The summed E-state index contributed by atoms with van der Waals surface area (Å²) in [6.45, 7) is 8.37. The summed E-state index contributed by atoms with van der Waals surface area (Å²) >= 11 is 0. The van der Waals surface area contributed by atoms with E-state index in [-0.39, 0.29) is 11.4 Å². The minimum atomic E-state index is -0.142. The van der Waals surface area contributed by atoms with Gasteiger partial charge in [0, 0.05) is 12.0 Å². The SMILES string of the molecule is CCOC(=O)CC(C)(C)CCc1oc(-c2ccccc2)nc1C. The summed E-state index contributed by atoms with van der Waals surface area (Å²) in [7, 11) is 0. The first kappa shape index (κ1) is 17.3. The van der Waals surface area contributed by atoms with E-state index in [0.29, 0.717) is 18.9 Å². The summed E-state index contributed by atoms with van der Waals surface area (Å²) < 4.78 is 11.0. The predicted molar refractivity (Wildman–Crippen MR) is 90.0 cm³/mol. The van der Waals surface area contributed by atoms with E-state index in [1.807, 2.05) is 44.2 Å². The highest BCUT2D eigenvalue weighted by atomic mass is 16.5. The number of esters is 1. The van der Waals surface area contributed by atoms with Crippen LogP contribution in [0, 0.1) is 12.3 Å². The first-order chi connectivity index (χ1) is 10.9. The molecule has 0 saturated carbocycles. The number of aryl methyl sites for hydroxylation is 2. The average Bonchev–Trinajstić information content (AvgIpc) is 2.87.